The van der Waals surface area contributed by atoms with Crippen molar-refractivity contribution in [3.63, 3.8) is 0 Å². The number of aryl methyl sites for hydroxylation is 3. The average molecular weight is 512 g/mol. The Morgan fingerprint density at radius 2 is 1.59 bits per heavy atom. The second kappa shape index (κ2) is 11.2. The Morgan fingerprint density at radius 1 is 1.03 bits per heavy atom. The minimum absolute atomic E-state index is 0.0942. The molecule has 0 heterocycles. The lowest BCUT2D eigenvalue weighted by atomic mass is 9.98. The van der Waals surface area contributed by atoms with Crippen LogP contribution in [0, 0.1) is 20.8 Å². The number of nitrogens with one attached hydrogen (secondary N) is 2. The van der Waals surface area contributed by atoms with Gasteiger partial charge in [-0.15, -0.1) is 0 Å². The maximum atomic E-state index is 13.9. The van der Waals surface area contributed by atoms with Gasteiger partial charge in [-0.3, -0.25) is 9.59 Å². The molecule has 0 aromatic heterocycles. The maximum absolute atomic E-state index is 13.9. The fraction of sp³-hybridized carbons (Fsp3) is 0.464. The van der Waals surface area contributed by atoms with E-state index in [4.69, 9.17) is 4.74 Å². The van der Waals surface area contributed by atoms with Gasteiger partial charge in [-0.25, -0.2) is 4.79 Å². The van der Waals surface area contributed by atoms with E-state index in [0.717, 1.165) is 11.1 Å². The Balaban J connectivity index is 2.03. The number of phenols is 1. The lowest BCUT2D eigenvalue weighted by molar-refractivity contribution is -0.142. The van der Waals surface area contributed by atoms with Crippen LogP contribution in [0.2, 0.25) is 0 Å². The summed E-state index contributed by atoms with van der Waals surface area (Å²) < 4.78 is 5.26. The van der Waals surface area contributed by atoms with E-state index in [1.165, 1.54) is 4.90 Å². The van der Waals surface area contributed by atoms with Crippen LogP contribution in [-0.4, -0.2) is 57.3 Å². The number of aliphatic hydroxyl groups excluding tert-OH is 1. The summed E-state index contributed by atoms with van der Waals surface area (Å²) in [6.07, 6.45) is 0.442. The van der Waals surface area contributed by atoms with Crippen LogP contribution in [0.1, 0.15) is 61.9 Å². The summed E-state index contributed by atoms with van der Waals surface area (Å²) in [4.78, 5) is 41.4. The third-order valence-corrected chi connectivity index (χ3v) is 6.19. The van der Waals surface area contributed by atoms with Gasteiger partial charge in [-0.1, -0.05) is 36.4 Å². The highest BCUT2D eigenvalue weighted by atomic mass is 16.6. The van der Waals surface area contributed by atoms with Crippen LogP contribution >= 0.6 is 0 Å². The van der Waals surface area contributed by atoms with Crippen molar-refractivity contribution < 1.29 is 29.3 Å². The van der Waals surface area contributed by atoms with E-state index in [9.17, 15) is 24.6 Å². The predicted octanol–water partition coefficient (Wildman–Crippen LogP) is 3.87. The third kappa shape index (κ3) is 6.80. The van der Waals surface area contributed by atoms with E-state index in [1.807, 2.05) is 32.0 Å². The number of alkyl carbamates (subject to hydrolysis) is 1. The number of para-hydroxylation sites is 2. The van der Waals surface area contributed by atoms with Crippen molar-refractivity contribution in [1.29, 1.82) is 0 Å². The van der Waals surface area contributed by atoms with E-state index >= 15 is 0 Å². The summed E-state index contributed by atoms with van der Waals surface area (Å²) >= 11 is 0. The zero-order valence-corrected chi connectivity index (χ0v) is 22.3. The van der Waals surface area contributed by atoms with Gasteiger partial charge in [0.05, 0.1) is 6.61 Å². The molecule has 3 rings (SSSR count). The molecule has 0 radical (unpaired) electrons. The lowest BCUT2D eigenvalue weighted by Gasteiger charge is -2.34. The van der Waals surface area contributed by atoms with Crippen molar-refractivity contribution in [2.24, 2.45) is 0 Å². The van der Waals surface area contributed by atoms with E-state index in [1.54, 1.807) is 45.9 Å². The number of hydrogen-bond donors (Lipinski definition) is 4. The summed E-state index contributed by atoms with van der Waals surface area (Å²) in [7, 11) is 0. The zero-order chi connectivity index (χ0) is 27.5. The number of nitrogens with zero attached hydrogens (tertiary/aromatic N) is 1. The predicted molar refractivity (Wildman–Crippen MR) is 140 cm³/mol. The second-order valence-electron chi connectivity index (χ2n) is 10.5. The molecular weight excluding hydrogens is 474 g/mol. The third-order valence-electron chi connectivity index (χ3n) is 6.19. The van der Waals surface area contributed by atoms with Crippen LogP contribution in [0.5, 0.6) is 5.75 Å². The van der Waals surface area contributed by atoms with Gasteiger partial charge in [-0.2, -0.15) is 0 Å². The van der Waals surface area contributed by atoms with Crippen LogP contribution in [0.4, 0.5) is 10.5 Å². The molecule has 2 unspecified atom stereocenters. The SMILES string of the molecule is Cc1cccc(C(C(=O)Nc2c(C)cccc2C)N(C(=O)C(CO)NC(=O)OC(C)(C)C)C2CC2)c1O. The molecule has 1 saturated carbocycles. The number of amides is 3. The van der Waals surface area contributed by atoms with Crippen molar-refractivity contribution in [2.75, 3.05) is 11.9 Å². The molecule has 2 aromatic rings. The first-order chi connectivity index (χ1) is 17.3. The van der Waals surface area contributed by atoms with Crippen molar-refractivity contribution in [2.45, 2.75) is 78.1 Å². The normalized spacial score (nSPS) is 14.9. The summed E-state index contributed by atoms with van der Waals surface area (Å²) in [6.45, 7) is 9.83. The molecule has 0 aliphatic heterocycles. The molecule has 4 N–H and O–H groups in total. The fourth-order valence-corrected chi connectivity index (χ4v) is 4.21. The number of ether oxygens (including phenoxy) is 1. The van der Waals surface area contributed by atoms with Gasteiger partial charge in [0.25, 0.3) is 5.91 Å². The first kappa shape index (κ1) is 28.0. The first-order valence-electron chi connectivity index (χ1n) is 12.4. The molecule has 3 amide bonds. The second-order valence-corrected chi connectivity index (χ2v) is 10.5. The van der Waals surface area contributed by atoms with Crippen molar-refractivity contribution in [3.8, 4) is 5.75 Å². The Labute approximate surface area is 217 Å². The Bertz CT molecular complexity index is 1150. The molecule has 200 valence electrons. The van der Waals surface area contributed by atoms with Crippen molar-refractivity contribution in [1.82, 2.24) is 10.2 Å². The average Bonchev–Trinajstić information content (AvgIpc) is 3.64. The van der Waals surface area contributed by atoms with Gasteiger partial charge in [-0.05, 0) is 71.1 Å². The largest absolute Gasteiger partial charge is 0.507 e. The summed E-state index contributed by atoms with van der Waals surface area (Å²) in [5, 5.41) is 26.3. The fourth-order valence-electron chi connectivity index (χ4n) is 4.21. The zero-order valence-electron chi connectivity index (χ0n) is 22.3. The van der Waals surface area contributed by atoms with Gasteiger partial charge in [0.2, 0.25) is 5.91 Å². The number of hydrogen-bond acceptors (Lipinski definition) is 6. The van der Waals surface area contributed by atoms with Crippen LogP contribution < -0.4 is 10.6 Å². The van der Waals surface area contributed by atoms with Gasteiger partial charge in [0, 0.05) is 17.3 Å². The van der Waals surface area contributed by atoms with Gasteiger partial charge in [0.15, 0.2) is 0 Å². The summed E-state index contributed by atoms with van der Waals surface area (Å²) in [5.74, 6) is -1.24. The highest BCUT2D eigenvalue weighted by molar-refractivity contribution is 6.00. The molecule has 37 heavy (non-hydrogen) atoms. The van der Waals surface area contributed by atoms with E-state index < -0.39 is 42.2 Å². The summed E-state index contributed by atoms with van der Waals surface area (Å²) in [6, 6.07) is 7.83. The van der Waals surface area contributed by atoms with E-state index in [0.29, 0.717) is 24.1 Å². The molecular formula is C28H37N3O6. The Hall–Kier alpha value is -3.59. The molecule has 9 heteroatoms. The molecule has 2 aromatic carbocycles. The minimum Gasteiger partial charge on any atom is -0.507 e. The van der Waals surface area contributed by atoms with Crippen LogP contribution in [-0.2, 0) is 14.3 Å². The number of phenolic OH excluding ortho intramolecular Hbond substituents is 1. The molecule has 0 bridgehead atoms. The van der Waals surface area contributed by atoms with Crippen LogP contribution in [0.15, 0.2) is 36.4 Å². The number of carbonyl (C=O) groups excluding carboxylic acids is 3. The quantitative estimate of drug-likeness (QED) is 0.426. The molecule has 1 aliphatic carbocycles. The monoisotopic (exact) mass is 511 g/mol. The van der Waals surface area contributed by atoms with Gasteiger partial charge < -0.3 is 30.5 Å². The Morgan fingerprint density at radius 3 is 2.14 bits per heavy atom. The highest BCUT2D eigenvalue weighted by Crippen LogP contribution is 2.40. The van der Waals surface area contributed by atoms with Crippen molar-refractivity contribution in [3.05, 3.63) is 58.7 Å². The number of aromatic hydroxyl groups is 1. The lowest BCUT2D eigenvalue weighted by Crippen LogP contribution is -2.54. The number of carbonyl (C=O) groups is 3. The number of anilines is 1. The standard InChI is InChI=1S/C28H37N3O6/c1-16-9-7-10-17(2)22(16)30-25(34)23(20-12-8-11-18(3)24(20)33)31(19-13-14-19)26(35)21(15-32)29-27(36)37-28(4,5)6/h7-12,19,21,23,32-33H,13-15H2,1-6H3,(H,29,36)(H,30,34). The van der Waals surface area contributed by atoms with Crippen LogP contribution in [0.25, 0.3) is 0 Å². The van der Waals surface area contributed by atoms with Gasteiger partial charge in [0.1, 0.15) is 23.4 Å². The smallest absolute Gasteiger partial charge is 0.408 e. The molecule has 0 spiro atoms. The van der Waals surface area contributed by atoms with Crippen LogP contribution in [0.3, 0.4) is 0 Å². The first-order valence-corrected chi connectivity index (χ1v) is 12.4. The molecule has 1 aliphatic rings. The molecule has 1 fully saturated rings. The van der Waals surface area contributed by atoms with E-state index in [-0.39, 0.29) is 17.4 Å². The summed E-state index contributed by atoms with van der Waals surface area (Å²) in [5.41, 5.74) is 2.34. The molecule has 0 saturated heterocycles. The van der Waals surface area contributed by atoms with Gasteiger partial charge >= 0.3 is 6.09 Å². The topological polar surface area (TPSA) is 128 Å². The molecule has 9 nitrogen and oxygen atoms in total. The minimum atomic E-state index is -1.34. The highest BCUT2D eigenvalue weighted by Gasteiger charge is 2.45. The number of aliphatic hydroxyl groups is 1. The number of rotatable bonds is 8. The molecule has 2 atom stereocenters. The van der Waals surface area contributed by atoms with E-state index in [2.05, 4.69) is 10.6 Å². The Kier molecular flexibility index (Phi) is 8.48. The maximum Gasteiger partial charge on any atom is 0.408 e. The van der Waals surface area contributed by atoms with Crippen molar-refractivity contribution >= 4 is 23.6 Å². The number of benzene rings is 2.